The van der Waals surface area contributed by atoms with Crippen LogP contribution in [-0.2, 0) is 0 Å². The van der Waals surface area contributed by atoms with Gasteiger partial charge in [0.15, 0.2) is 0 Å². The lowest BCUT2D eigenvalue weighted by Crippen LogP contribution is -1.99. The third-order valence-electron chi connectivity index (χ3n) is 3.01. The Labute approximate surface area is 107 Å². The highest BCUT2D eigenvalue weighted by Crippen LogP contribution is 2.30. The lowest BCUT2D eigenvalue weighted by Gasteiger charge is -2.13. The number of aromatic nitrogens is 1. The average Bonchev–Trinajstić information content (AvgIpc) is 2.35. The Balaban J connectivity index is 2.37. The van der Waals surface area contributed by atoms with Gasteiger partial charge in [-0.15, -0.1) is 0 Å². The maximum atomic E-state index is 9.69. The Hall–Kier alpha value is -1.87. The summed E-state index contributed by atoms with van der Waals surface area (Å²) in [7, 11) is 0. The molecule has 1 heterocycles. The molecule has 0 spiro atoms. The van der Waals surface area contributed by atoms with E-state index < -0.39 is 6.10 Å². The predicted octanol–water partition coefficient (Wildman–Crippen LogP) is 3.54. The van der Waals surface area contributed by atoms with E-state index in [1.54, 1.807) is 19.2 Å². The van der Waals surface area contributed by atoms with Crippen LogP contribution in [-0.4, -0.2) is 10.1 Å². The molecule has 3 heteroatoms. The third kappa shape index (κ3) is 2.51. The van der Waals surface area contributed by atoms with Crippen molar-refractivity contribution in [1.82, 2.24) is 4.98 Å². The molecule has 0 aliphatic carbocycles. The molecule has 0 saturated heterocycles. The highest BCUT2D eigenvalue weighted by atomic mass is 16.5. The molecule has 0 aliphatic heterocycles. The molecule has 1 aromatic carbocycles. The maximum Gasteiger partial charge on any atom is 0.225 e. The van der Waals surface area contributed by atoms with E-state index in [9.17, 15) is 5.11 Å². The molecule has 94 valence electrons. The molecule has 0 aliphatic rings. The molecule has 1 atom stereocenters. The van der Waals surface area contributed by atoms with Crippen LogP contribution < -0.4 is 4.74 Å². The van der Waals surface area contributed by atoms with Crippen LogP contribution in [0.3, 0.4) is 0 Å². The van der Waals surface area contributed by atoms with E-state index in [2.05, 4.69) is 4.98 Å². The molecule has 0 radical (unpaired) electrons. The molecule has 0 bridgehead atoms. The number of benzene rings is 1. The third-order valence-corrected chi connectivity index (χ3v) is 3.01. The zero-order valence-electron chi connectivity index (χ0n) is 10.8. The minimum absolute atomic E-state index is 0.459. The zero-order chi connectivity index (χ0) is 13.1. The molecule has 0 unspecified atom stereocenters. The van der Waals surface area contributed by atoms with Crippen molar-refractivity contribution in [3.05, 3.63) is 53.2 Å². The first kappa shape index (κ1) is 12.6. The summed E-state index contributed by atoms with van der Waals surface area (Å²) in [4.78, 5) is 4.18. The molecule has 3 nitrogen and oxygen atoms in total. The van der Waals surface area contributed by atoms with Crippen molar-refractivity contribution in [2.45, 2.75) is 26.9 Å². The molecule has 1 aromatic heterocycles. The molecule has 18 heavy (non-hydrogen) atoms. The summed E-state index contributed by atoms with van der Waals surface area (Å²) in [6.07, 6.45) is 1.06. The van der Waals surface area contributed by atoms with Crippen molar-refractivity contribution in [2.75, 3.05) is 0 Å². The number of hydrogen-bond acceptors (Lipinski definition) is 3. The van der Waals surface area contributed by atoms with Gasteiger partial charge in [0.1, 0.15) is 5.75 Å². The Morgan fingerprint density at radius 3 is 2.67 bits per heavy atom. The molecule has 2 rings (SSSR count). The first-order chi connectivity index (χ1) is 8.59. The van der Waals surface area contributed by atoms with E-state index in [0.717, 1.165) is 11.3 Å². The normalized spacial score (nSPS) is 12.2. The van der Waals surface area contributed by atoms with Gasteiger partial charge in [-0.2, -0.15) is 0 Å². The molecule has 2 aromatic rings. The number of nitrogens with zero attached hydrogens (tertiary/aromatic N) is 1. The van der Waals surface area contributed by atoms with Gasteiger partial charge in [0.25, 0.3) is 0 Å². The van der Waals surface area contributed by atoms with Crippen molar-refractivity contribution in [3.8, 4) is 11.6 Å². The van der Waals surface area contributed by atoms with Crippen LogP contribution in [0.2, 0.25) is 0 Å². The van der Waals surface area contributed by atoms with Crippen LogP contribution in [0.15, 0.2) is 36.5 Å². The largest absolute Gasteiger partial charge is 0.438 e. The Kier molecular flexibility index (Phi) is 3.63. The maximum absolute atomic E-state index is 9.69. The number of rotatable bonds is 3. The second-order valence-electron chi connectivity index (χ2n) is 4.37. The van der Waals surface area contributed by atoms with Crippen molar-refractivity contribution < 1.29 is 9.84 Å². The van der Waals surface area contributed by atoms with Crippen LogP contribution in [0, 0.1) is 13.8 Å². The van der Waals surface area contributed by atoms with Gasteiger partial charge in [0.2, 0.25) is 5.88 Å². The Morgan fingerprint density at radius 1 is 1.17 bits per heavy atom. The van der Waals surface area contributed by atoms with Gasteiger partial charge in [-0.05, 0) is 50.1 Å². The highest BCUT2D eigenvalue weighted by molar-refractivity contribution is 5.41. The van der Waals surface area contributed by atoms with Crippen LogP contribution in [0.4, 0.5) is 0 Å². The van der Waals surface area contributed by atoms with E-state index in [1.165, 1.54) is 5.56 Å². The van der Waals surface area contributed by atoms with Crippen molar-refractivity contribution in [2.24, 2.45) is 0 Å². The summed E-state index contributed by atoms with van der Waals surface area (Å²) < 4.78 is 5.81. The fraction of sp³-hybridized carbons (Fsp3) is 0.267. The van der Waals surface area contributed by atoms with Gasteiger partial charge in [0, 0.05) is 11.8 Å². The summed E-state index contributed by atoms with van der Waals surface area (Å²) in [5.41, 5.74) is 2.94. The lowest BCUT2D eigenvalue weighted by atomic mass is 10.1. The topological polar surface area (TPSA) is 42.4 Å². The average molecular weight is 243 g/mol. The van der Waals surface area contributed by atoms with Gasteiger partial charge < -0.3 is 9.84 Å². The van der Waals surface area contributed by atoms with Gasteiger partial charge in [-0.1, -0.05) is 12.1 Å². The number of aliphatic hydroxyl groups excluding tert-OH is 1. The second-order valence-corrected chi connectivity index (χ2v) is 4.37. The van der Waals surface area contributed by atoms with Gasteiger partial charge in [-0.25, -0.2) is 4.98 Å². The summed E-state index contributed by atoms with van der Waals surface area (Å²) in [5.74, 6) is 1.23. The van der Waals surface area contributed by atoms with Crippen LogP contribution in [0.1, 0.15) is 29.7 Å². The Morgan fingerprint density at radius 2 is 1.94 bits per heavy atom. The monoisotopic (exact) mass is 243 g/mol. The summed E-state index contributed by atoms with van der Waals surface area (Å²) in [6, 6.07) is 9.50. The van der Waals surface area contributed by atoms with E-state index in [4.69, 9.17) is 4.74 Å². The van der Waals surface area contributed by atoms with E-state index in [-0.39, 0.29) is 0 Å². The van der Waals surface area contributed by atoms with Crippen molar-refractivity contribution in [3.63, 3.8) is 0 Å². The summed E-state index contributed by atoms with van der Waals surface area (Å²) in [6.45, 7) is 5.75. The number of hydrogen-bond donors (Lipinski definition) is 1. The number of aryl methyl sites for hydroxylation is 1. The lowest BCUT2D eigenvalue weighted by molar-refractivity contribution is 0.194. The van der Waals surface area contributed by atoms with Crippen molar-refractivity contribution in [1.29, 1.82) is 0 Å². The van der Waals surface area contributed by atoms with Crippen LogP contribution in [0.25, 0.3) is 0 Å². The molecule has 1 N–H and O–H groups in total. The summed E-state index contributed by atoms with van der Waals surface area (Å²) >= 11 is 0. The number of pyridine rings is 1. The smallest absolute Gasteiger partial charge is 0.225 e. The minimum Gasteiger partial charge on any atom is -0.438 e. The van der Waals surface area contributed by atoms with Crippen LogP contribution in [0.5, 0.6) is 11.6 Å². The molecular formula is C15H17NO2. The standard InChI is InChI=1S/C15H17NO2/c1-10-6-4-8-14(11(10)2)18-15-13(12(3)17)7-5-9-16-15/h4-9,12,17H,1-3H3/t12-/m1/s1. The van der Waals surface area contributed by atoms with Crippen molar-refractivity contribution >= 4 is 0 Å². The van der Waals surface area contributed by atoms with Gasteiger partial charge in [0.05, 0.1) is 6.10 Å². The first-order valence-corrected chi connectivity index (χ1v) is 5.96. The predicted molar refractivity (Wildman–Crippen MR) is 70.9 cm³/mol. The van der Waals surface area contributed by atoms with Gasteiger partial charge in [-0.3, -0.25) is 0 Å². The minimum atomic E-state index is -0.598. The SMILES string of the molecule is Cc1cccc(Oc2ncccc2[C@@H](C)O)c1C. The first-order valence-electron chi connectivity index (χ1n) is 5.96. The van der Waals surface area contributed by atoms with Crippen LogP contribution >= 0.6 is 0 Å². The number of ether oxygens (including phenoxy) is 1. The zero-order valence-corrected chi connectivity index (χ0v) is 10.8. The fourth-order valence-corrected chi connectivity index (χ4v) is 1.75. The number of aliphatic hydroxyl groups is 1. The van der Waals surface area contributed by atoms with E-state index >= 15 is 0 Å². The molecule has 0 saturated carbocycles. The van der Waals surface area contributed by atoms with Gasteiger partial charge >= 0.3 is 0 Å². The fourth-order valence-electron chi connectivity index (χ4n) is 1.75. The molecule has 0 fully saturated rings. The Bertz CT molecular complexity index is 550. The quantitative estimate of drug-likeness (QED) is 0.896. The highest BCUT2D eigenvalue weighted by Gasteiger charge is 2.12. The summed E-state index contributed by atoms with van der Waals surface area (Å²) in [5, 5.41) is 9.69. The second kappa shape index (κ2) is 5.19. The van der Waals surface area contributed by atoms with E-state index in [1.807, 2.05) is 38.1 Å². The molecular weight excluding hydrogens is 226 g/mol. The molecule has 0 amide bonds. The van der Waals surface area contributed by atoms with E-state index in [0.29, 0.717) is 11.4 Å².